The van der Waals surface area contributed by atoms with Crippen LogP contribution in [0.3, 0.4) is 0 Å². The highest BCUT2D eigenvalue weighted by molar-refractivity contribution is 5.97. The molecule has 0 spiro atoms. The number of nitriles is 1. The zero-order chi connectivity index (χ0) is 16.0. The highest BCUT2D eigenvalue weighted by atomic mass is 16.5. The molecule has 0 saturated carbocycles. The molecule has 0 atom stereocenters. The van der Waals surface area contributed by atoms with Crippen molar-refractivity contribution in [3.8, 4) is 6.07 Å². The molecule has 1 amide bonds. The van der Waals surface area contributed by atoms with E-state index in [1.54, 1.807) is 4.90 Å². The predicted octanol–water partition coefficient (Wildman–Crippen LogP) is 1.76. The Balaban J connectivity index is 2.11. The highest BCUT2D eigenvalue weighted by Crippen LogP contribution is 2.21. The number of hydrogen-bond acceptors (Lipinski definition) is 4. The number of ether oxygens (including phenoxy) is 1. The molecule has 0 unspecified atom stereocenters. The largest absolute Gasteiger partial charge is 0.379 e. The summed E-state index contributed by atoms with van der Waals surface area (Å²) in [6.45, 7) is 8.56. The lowest BCUT2D eigenvalue weighted by Gasteiger charge is -2.39. The summed E-state index contributed by atoms with van der Waals surface area (Å²) in [5.74, 6) is -0.137. The lowest BCUT2D eigenvalue weighted by molar-refractivity contribution is -0.126. The number of carbonyl (C=O) groups excluding carboxylic acids is 1. The Bertz CT molecular complexity index is 451. The Morgan fingerprint density at radius 1 is 1.27 bits per heavy atom. The van der Waals surface area contributed by atoms with Gasteiger partial charge in [0.25, 0.3) is 5.91 Å². The van der Waals surface area contributed by atoms with Crippen molar-refractivity contribution in [2.45, 2.75) is 38.6 Å². The molecule has 5 nitrogen and oxygen atoms in total. The molecule has 0 aromatic carbocycles. The maximum absolute atomic E-state index is 12.6. The van der Waals surface area contributed by atoms with Crippen LogP contribution in [0.1, 0.15) is 33.1 Å². The van der Waals surface area contributed by atoms with E-state index in [1.165, 1.54) is 0 Å². The fraction of sp³-hybridized carbons (Fsp3) is 0.706. The van der Waals surface area contributed by atoms with E-state index < -0.39 is 0 Å². The van der Waals surface area contributed by atoms with Crippen LogP contribution in [0.5, 0.6) is 0 Å². The average molecular weight is 304 g/mol. The summed E-state index contributed by atoms with van der Waals surface area (Å²) in [4.78, 5) is 16.7. The van der Waals surface area contributed by atoms with E-state index >= 15 is 0 Å². The molecular formula is C17H26N3O2. The SMILES string of the molecule is CC(C)(C=C(C#N)C(=O)N1C[CH]CCCC1)N1CCOCC1. The lowest BCUT2D eigenvalue weighted by Crippen LogP contribution is -2.49. The van der Waals surface area contributed by atoms with E-state index in [4.69, 9.17) is 4.74 Å². The zero-order valence-electron chi connectivity index (χ0n) is 13.7. The number of rotatable bonds is 3. The van der Waals surface area contributed by atoms with E-state index in [1.807, 2.05) is 6.08 Å². The molecule has 0 N–H and O–H groups in total. The van der Waals surface area contributed by atoms with Crippen molar-refractivity contribution >= 4 is 5.91 Å². The Kier molecular flexibility index (Phi) is 5.98. The van der Waals surface area contributed by atoms with Crippen molar-refractivity contribution in [1.82, 2.24) is 9.80 Å². The van der Waals surface area contributed by atoms with Crippen LogP contribution in [-0.4, -0.2) is 60.6 Å². The molecule has 2 aliphatic rings. The topological polar surface area (TPSA) is 56.6 Å². The molecule has 22 heavy (non-hydrogen) atoms. The number of likely N-dealkylation sites (tertiary alicyclic amines) is 1. The Morgan fingerprint density at radius 3 is 2.68 bits per heavy atom. The molecule has 121 valence electrons. The van der Waals surface area contributed by atoms with E-state index in [0.717, 1.165) is 38.9 Å². The minimum Gasteiger partial charge on any atom is -0.379 e. The fourth-order valence-corrected chi connectivity index (χ4v) is 3.01. The first-order valence-corrected chi connectivity index (χ1v) is 8.11. The second-order valence-corrected chi connectivity index (χ2v) is 6.46. The summed E-state index contributed by atoms with van der Waals surface area (Å²) in [5, 5.41) is 9.44. The van der Waals surface area contributed by atoms with Gasteiger partial charge < -0.3 is 9.64 Å². The van der Waals surface area contributed by atoms with Crippen molar-refractivity contribution in [1.29, 1.82) is 5.26 Å². The lowest BCUT2D eigenvalue weighted by atomic mass is 9.98. The molecule has 2 heterocycles. The maximum atomic E-state index is 12.6. The number of morpholine rings is 1. The smallest absolute Gasteiger partial charge is 0.264 e. The summed E-state index contributed by atoms with van der Waals surface area (Å²) in [6.07, 6.45) is 7.13. The third-order valence-corrected chi connectivity index (χ3v) is 4.40. The zero-order valence-corrected chi connectivity index (χ0v) is 13.7. The molecule has 0 aromatic heterocycles. The van der Waals surface area contributed by atoms with Crippen LogP contribution in [0.15, 0.2) is 11.6 Å². The first kappa shape index (κ1) is 17.0. The number of hydrogen-bond donors (Lipinski definition) is 0. The molecule has 1 radical (unpaired) electrons. The van der Waals surface area contributed by atoms with Crippen molar-refractivity contribution in [2.24, 2.45) is 0 Å². The van der Waals surface area contributed by atoms with Gasteiger partial charge in [0.1, 0.15) is 11.6 Å². The average Bonchev–Trinajstić information content (AvgIpc) is 2.82. The van der Waals surface area contributed by atoms with Gasteiger partial charge in [0, 0.05) is 31.7 Å². The van der Waals surface area contributed by atoms with Crippen LogP contribution in [0.25, 0.3) is 0 Å². The maximum Gasteiger partial charge on any atom is 0.264 e. The van der Waals surface area contributed by atoms with Gasteiger partial charge in [-0.05, 0) is 39.2 Å². The third kappa shape index (κ3) is 4.31. The van der Waals surface area contributed by atoms with E-state index in [9.17, 15) is 10.1 Å². The molecule has 2 aliphatic heterocycles. The van der Waals surface area contributed by atoms with Crippen LogP contribution in [0, 0.1) is 17.8 Å². The van der Waals surface area contributed by atoms with Gasteiger partial charge in [0.2, 0.25) is 0 Å². The predicted molar refractivity (Wildman–Crippen MR) is 84.9 cm³/mol. The van der Waals surface area contributed by atoms with Crippen molar-refractivity contribution in [3.63, 3.8) is 0 Å². The first-order valence-electron chi connectivity index (χ1n) is 8.11. The van der Waals surface area contributed by atoms with Gasteiger partial charge in [0.15, 0.2) is 0 Å². The second kappa shape index (κ2) is 7.75. The summed E-state index contributed by atoms with van der Waals surface area (Å²) < 4.78 is 5.38. The molecular weight excluding hydrogens is 278 g/mol. The minimum atomic E-state index is -0.319. The third-order valence-electron chi connectivity index (χ3n) is 4.40. The fourth-order valence-electron chi connectivity index (χ4n) is 3.01. The van der Waals surface area contributed by atoms with Gasteiger partial charge in [0.05, 0.1) is 13.2 Å². The molecule has 0 bridgehead atoms. The normalized spacial score (nSPS) is 22.0. The highest BCUT2D eigenvalue weighted by Gasteiger charge is 2.29. The molecule has 2 rings (SSSR count). The van der Waals surface area contributed by atoms with Gasteiger partial charge in [-0.2, -0.15) is 5.26 Å². The van der Waals surface area contributed by atoms with Crippen LogP contribution in [-0.2, 0) is 9.53 Å². The summed E-state index contributed by atoms with van der Waals surface area (Å²) in [6, 6.07) is 2.11. The van der Waals surface area contributed by atoms with E-state index in [0.29, 0.717) is 19.8 Å². The number of amides is 1. The number of nitrogens with zero attached hydrogens (tertiary/aromatic N) is 3. The van der Waals surface area contributed by atoms with Gasteiger partial charge in [-0.1, -0.05) is 6.42 Å². The Morgan fingerprint density at radius 2 is 2.00 bits per heavy atom. The monoisotopic (exact) mass is 304 g/mol. The van der Waals surface area contributed by atoms with Gasteiger partial charge in [-0.3, -0.25) is 9.69 Å². The van der Waals surface area contributed by atoms with Crippen LogP contribution < -0.4 is 0 Å². The summed E-state index contributed by atoms with van der Waals surface area (Å²) in [5.41, 5.74) is -0.0631. The van der Waals surface area contributed by atoms with Gasteiger partial charge in [-0.25, -0.2) is 0 Å². The molecule has 0 aromatic rings. The minimum absolute atomic E-state index is 0.137. The molecule has 5 heteroatoms. The molecule has 0 aliphatic carbocycles. The Labute approximate surface area is 133 Å². The van der Waals surface area contributed by atoms with Crippen molar-refractivity contribution < 1.29 is 9.53 Å². The van der Waals surface area contributed by atoms with Gasteiger partial charge in [-0.15, -0.1) is 0 Å². The van der Waals surface area contributed by atoms with E-state index in [2.05, 4.69) is 31.2 Å². The summed E-state index contributed by atoms with van der Waals surface area (Å²) in [7, 11) is 0. The second-order valence-electron chi connectivity index (χ2n) is 6.46. The first-order chi connectivity index (χ1) is 10.5. The van der Waals surface area contributed by atoms with Crippen molar-refractivity contribution in [2.75, 3.05) is 39.4 Å². The quantitative estimate of drug-likeness (QED) is 0.589. The standard InChI is InChI=1S/C17H26N3O2/c1-17(2,20-9-11-22-12-10-20)13-15(14-18)16(21)19-7-5-3-4-6-8-19/h5,13H,3-4,6-12H2,1-2H3. The van der Waals surface area contributed by atoms with Gasteiger partial charge >= 0.3 is 0 Å². The summed E-state index contributed by atoms with van der Waals surface area (Å²) >= 11 is 0. The Hall–Kier alpha value is -1.38. The van der Waals surface area contributed by atoms with Crippen LogP contribution in [0.2, 0.25) is 0 Å². The number of carbonyl (C=O) groups is 1. The molecule has 2 fully saturated rings. The van der Waals surface area contributed by atoms with E-state index in [-0.39, 0.29) is 17.0 Å². The van der Waals surface area contributed by atoms with Crippen molar-refractivity contribution in [3.05, 3.63) is 18.1 Å². The van der Waals surface area contributed by atoms with Crippen LogP contribution in [0.4, 0.5) is 0 Å². The van der Waals surface area contributed by atoms with Crippen LogP contribution >= 0.6 is 0 Å². The molecule has 2 saturated heterocycles.